The lowest BCUT2D eigenvalue weighted by atomic mass is 9.77. The van der Waals surface area contributed by atoms with Crippen molar-refractivity contribution in [3.8, 4) is 0 Å². The first-order valence-electron chi connectivity index (χ1n) is 5.62. The Balaban J connectivity index is 2.23. The van der Waals surface area contributed by atoms with Crippen molar-refractivity contribution < 1.29 is 10.2 Å². The van der Waals surface area contributed by atoms with Gasteiger partial charge in [-0.15, -0.1) is 11.3 Å². The molecule has 1 aromatic rings. The van der Waals surface area contributed by atoms with E-state index in [1.165, 1.54) is 17.8 Å². The van der Waals surface area contributed by atoms with Crippen LogP contribution in [0, 0.1) is 5.92 Å². The number of aromatic nitrogens is 1. The molecule has 3 nitrogen and oxygen atoms in total. The molecule has 1 saturated carbocycles. The molecule has 2 N–H and O–H groups in total. The van der Waals surface area contributed by atoms with Crippen molar-refractivity contribution in [3.05, 3.63) is 15.0 Å². The van der Waals surface area contributed by atoms with Gasteiger partial charge in [0.05, 0.1) is 16.6 Å². The second-order valence-electron chi connectivity index (χ2n) is 4.39. The third-order valence-electron chi connectivity index (χ3n) is 3.37. The average Bonchev–Trinajstić information content (AvgIpc) is 2.76. The zero-order valence-electron chi connectivity index (χ0n) is 9.03. The van der Waals surface area contributed by atoms with Crippen molar-refractivity contribution in [2.75, 3.05) is 6.61 Å². The van der Waals surface area contributed by atoms with Crippen LogP contribution in [-0.2, 0) is 5.60 Å². The molecule has 90 valence electrons. The largest absolute Gasteiger partial charge is 0.393 e. The van der Waals surface area contributed by atoms with E-state index in [1.807, 2.05) is 0 Å². The van der Waals surface area contributed by atoms with Crippen molar-refractivity contribution in [3.63, 3.8) is 0 Å². The Bertz CT molecular complexity index is 352. The Kier molecular flexibility index (Phi) is 4.00. The zero-order chi connectivity index (χ0) is 11.6. The summed E-state index contributed by atoms with van der Waals surface area (Å²) in [4.78, 5) is 4.20. The topological polar surface area (TPSA) is 53.4 Å². The summed E-state index contributed by atoms with van der Waals surface area (Å²) >= 11 is 4.75. The molecule has 0 spiro atoms. The maximum atomic E-state index is 10.6. The molecule has 1 aromatic heterocycles. The van der Waals surface area contributed by atoms with E-state index in [0.717, 1.165) is 29.5 Å². The van der Waals surface area contributed by atoms with Crippen LogP contribution in [0.3, 0.4) is 0 Å². The first kappa shape index (κ1) is 12.5. The first-order chi connectivity index (χ1) is 7.66. The fourth-order valence-corrected chi connectivity index (χ4v) is 3.77. The summed E-state index contributed by atoms with van der Waals surface area (Å²) in [5, 5.41) is 20.7. The Morgan fingerprint density at radius 2 is 2.12 bits per heavy atom. The van der Waals surface area contributed by atoms with Crippen LogP contribution in [0.5, 0.6) is 0 Å². The fraction of sp³-hybridized carbons (Fsp3) is 0.727. The fourth-order valence-electron chi connectivity index (χ4n) is 2.41. The van der Waals surface area contributed by atoms with Crippen LogP contribution in [0.4, 0.5) is 0 Å². The van der Waals surface area contributed by atoms with E-state index < -0.39 is 5.60 Å². The van der Waals surface area contributed by atoms with E-state index in [1.54, 1.807) is 6.20 Å². The molecule has 0 aromatic carbocycles. The number of aliphatic hydroxyl groups excluding tert-OH is 1. The summed E-state index contributed by atoms with van der Waals surface area (Å²) in [6.45, 7) is -0.238. The van der Waals surface area contributed by atoms with Gasteiger partial charge in [0, 0.05) is 0 Å². The highest BCUT2D eigenvalue weighted by atomic mass is 79.9. The van der Waals surface area contributed by atoms with E-state index in [2.05, 4.69) is 20.9 Å². The molecule has 0 aliphatic heterocycles. The van der Waals surface area contributed by atoms with Crippen LogP contribution >= 0.6 is 27.3 Å². The minimum absolute atomic E-state index is 0.143. The predicted octanol–water partition coefficient (Wildman–Crippen LogP) is 2.67. The molecule has 1 fully saturated rings. The molecule has 1 unspecified atom stereocenters. The highest BCUT2D eigenvalue weighted by Gasteiger charge is 2.40. The monoisotopic (exact) mass is 305 g/mol. The minimum atomic E-state index is -1.14. The lowest BCUT2D eigenvalue weighted by Gasteiger charge is -2.35. The maximum Gasteiger partial charge on any atom is 0.142 e. The molecule has 1 atom stereocenters. The standard InChI is InChI=1S/C11H16BrNO2S/c12-9-6-13-10(16-9)11(15,7-14)8-4-2-1-3-5-8/h6,8,14-15H,1-5,7H2. The first-order valence-corrected chi connectivity index (χ1v) is 7.23. The van der Waals surface area contributed by atoms with Crippen LogP contribution in [-0.4, -0.2) is 21.8 Å². The Morgan fingerprint density at radius 3 is 2.62 bits per heavy atom. The summed E-state index contributed by atoms with van der Waals surface area (Å²) in [5.41, 5.74) is -1.14. The molecule has 1 aliphatic rings. The number of rotatable bonds is 3. The van der Waals surface area contributed by atoms with Gasteiger partial charge >= 0.3 is 0 Å². The number of nitrogens with zero attached hydrogens (tertiary/aromatic N) is 1. The van der Waals surface area contributed by atoms with Gasteiger partial charge < -0.3 is 10.2 Å². The summed E-state index contributed by atoms with van der Waals surface area (Å²) in [7, 11) is 0. The van der Waals surface area contributed by atoms with E-state index >= 15 is 0 Å². The van der Waals surface area contributed by atoms with Crippen LogP contribution < -0.4 is 0 Å². The summed E-state index contributed by atoms with van der Waals surface area (Å²) in [6, 6.07) is 0. The number of hydrogen-bond donors (Lipinski definition) is 2. The lowest BCUT2D eigenvalue weighted by molar-refractivity contribution is -0.0789. The Hall–Kier alpha value is 0.0300. The molecule has 1 aliphatic carbocycles. The van der Waals surface area contributed by atoms with E-state index in [0.29, 0.717) is 5.01 Å². The van der Waals surface area contributed by atoms with Gasteiger partial charge in [0.15, 0.2) is 0 Å². The van der Waals surface area contributed by atoms with Gasteiger partial charge in [-0.25, -0.2) is 4.98 Å². The molecule has 0 amide bonds. The smallest absolute Gasteiger partial charge is 0.142 e. The van der Waals surface area contributed by atoms with Crippen molar-refractivity contribution in [1.82, 2.24) is 4.98 Å². The predicted molar refractivity (Wildman–Crippen MR) is 67.4 cm³/mol. The number of aliphatic hydroxyl groups is 2. The zero-order valence-corrected chi connectivity index (χ0v) is 11.4. The molecule has 0 bridgehead atoms. The van der Waals surface area contributed by atoms with Crippen molar-refractivity contribution in [2.45, 2.75) is 37.7 Å². The highest BCUT2D eigenvalue weighted by Crippen LogP contribution is 2.41. The summed E-state index contributed by atoms with van der Waals surface area (Å²) < 4.78 is 0.894. The van der Waals surface area contributed by atoms with Crippen molar-refractivity contribution in [1.29, 1.82) is 0 Å². The van der Waals surface area contributed by atoms with Crippen LogP contribution in [0.1, 0.15) is 37.1 Å². The number of halogens is 1. The molecule has 2 rings (SSSR count). The number of hydrogen-bond acceptors (Lipinski definition) is 4. The van der Waals surface area contributed by atoms with Crippen LogP contribution in [0.2, 0.25) is 0 Å². The van der Waals surface area contributed by atoms with Crippen molar-refractivity contribution in [2.24, 2.45) is 5.92 Å². The van der Waals surface area contributed by atoms with Gasteiger partial charge in [0.25, 0.3) is 0 Å². The molecule has 16 heavy (non-hydrogen) atoms. The summed E-state index contributed by atoms with van der Waals surface area (Å²) in [6.07, 6.45) is 7.16. The SMILES string of the molecule is OCC(O)(c1ncc(Br)s1)C1CCCCC1. The van der Waals surface area contributed by atoms with E-state index in [9.17, 15) is 10.2 Å². The van der Waals surface area contributed by atoms with E-state index in [-0.39, 0.29) is 12.5 Å². The molecule has 0 radical (unpaired) electrons. The third kappa shape index (κ3) is 2.32. The Labute approximate surface area is 108 Å². The molecule has 5 heteroatoms. The second kappa shape index (κ2) is 5.12. The van der Waals surface area contributed by atoms with Crippen LogP contribution in [0.15, 0.2) is 9.98 Å². The van der Waals surface area contributed by atoms with Gasteiger partial charge in [0.1, 0.15) is 10.6 Å². The quantitative estimate of drug-likeness (QED) is 0.903. The number of thiazole rings is 1. The molecule has 0 saturated heterocycles. The molecule has 1 heterocycles. The van der Waals surface area contributed by atoms with Gasteiger partial charge in [-0.2, -0.15) is 0 Å². The molecular formula is C11H16BrNO2S. The van der Waals surface area contributed by atoms with Crippen molar-refractivity contribution >= 4 is 27.3 Å². The lowest BCUT2D eigenvalue weighted by Crippen LogP contribution is -2.39. The second-order valence-corrected chi connectivity index (χ2v) is 6.80. The van der Waals surface area contributed by atoms with Gasteiger partial charge in [-0.05, 0) is 34.7 Å². The molecular weight excluding hydrogens is 290 g/mol. The summed E-state index contributed by atoms with van der Waals surface area (Å²) in [5.74, 6) is 0.143. The van der Waals surface area contributed by atoms with Gasteiger partial charge in [-0.3, -0.25) is 0 Å². The minimum Gasteiger partial charge on any atom is -0.393 e. The maximum absolute atomic E-state index is 10.6. The highest BCUT2D eigenvalue weighted by molar-refractivity contribution is 9.11. The van der Waals surface area contributed by atoms with E-state index in [4.69, 9.17) is 0 Å². The van der Waals surface area contributed by atoms with Crippen LogP contribution in [0.25, 0.3) is 0 Å². The average molecular weight is 306 g/mol. The van der Waals surface area contributed by atoms with Gasteiger partial charge in [0.2, 0.25) is 0 Å². The normalized spacial score (nSPS) is 21.9. The third-order valence-corrected chi connectivity index (χ3v) is 5.01. The Morgan fingerprint density at radius 1 is 1.44 bits per heavy atom. The van der Waals surface area contributed by atoms with Gasteiger partial charge in [-0.1, -0.05) is 19.3 Å².